The van der Waals surface area contributed by atoms with Crippen LogP contribution in [-0.4, -0.2) is 23.4 Å². The van der Waals surface area contributed by atoms with Gasteiger partial charge in [-0.3, -0.25) is 9.59 Å². The van der Waals surface area contributed by atoms with Gasteiger partial charge in [-0.05, 0) is 57.5 Å². The largest absolute Gasteiger partial charge is 0.495 e. The number of benzene rings is 2. The molecule has 0 unspecified atom stereocenters. The highest BCUT2D eigenvalue weighted by Gasteiger charge is 2.23. The normalized spacial score (nSPS) is 10.6. The van der Waals surface area contributed by atoms with E-state index in [2.05, 4.69) is 11.4 Å². The van der Waals surface area contributed by atoms with E-state index in [0.717, 1.165) is 22.6 Å². The maximum absolute atomic E-state index is 12.8. The van der Waals surface area contributed by atoms with Gasteiger partial charge < -0.3 is 14.6 Å². The van der Waals surface area contributed by atoms with Gasteiger partial charge in [0.05, 0.1) is 12.8 Å². The number of rotatable bonds is 5. The lowest BCUT2D eigenvalue weighted by Gasteiger charge is -2.13. The number of para-hydroxylation sites is 2. The standard InChI is InChI=1S/C23H24N2O3/c1-14-10-11-20(15(2)12-14)25-16(3)13-18(17(25)4)22(26)23(27)24-19-8-6-7-9-21(19)28-5/h6-13H,1-5H3,(H,24,27). The number of nitrogens with one attached hydrogen (secondary N) is 1. The third kappa shape index (κ3) is 3.56. The molecule has 0 aliphatic carbocycles. The van der Waals surface area contributed by atoms with Crippen molar-refractivity contribution in [3.05, 3.63) is 76.6 Å². The smallest absolute Gasteiger partial charge is 0.296 e. The molecule has 1 amide bonds. The van der Waals surface area contributed by atoms with Crippen LogP contribution in [0.1, 0.15) is 32.9 Å². The lowest BCUT2D eigenvalue weighted by atomic mass is 10.1. The molecule has 0 radical (unpaired) electrons. The molecular formula is C23H24N2O3. The molecule has 1 heterocycles. The van der Waals surface area contributed by atoms with Gasteiger partial charge in [-0.1, -0.05) is 29.8 Å². The number of aryl methyl sites for hydroxylation is 3. The van der Waals surface area contributed by atoms with Gasteiger partial charge in [0.2, 0.25) is 0 Å². The molecule has 1 N–H and O–H groups in total. The minimum atomic E-state index is -0.689. The zero-order valence-electron chi connectivity index (χ0n) is 16.8. The predicted molar refractivity (Wildman–Crippen MR) is 111 cm³/mol. The highest BCUT2D eigenvalue weighted by Crippen LogP contribution is 2.26. The number of aromatic nitrogens is 1. The molecule has 3 rings (SSSR count). The number of Topliss-reactive ketones (excluding diaryl/α,β-unsaturated/α-hetero) is 1. The van der Waals surface area contributed by atoms with Crippen molar-refractivity contribution >= 4 is 17.4 Å². The first-order valence-corrected chi connectivity index (χ1v) is 9.08. The predicted octanol–water partition coefficient (Wildman–Crippen LogP) is 4.54. The van der Waals surface area contributed by atoms with Crippen LogP contribution < -0.4 is 10.1 Å². The van der Waals surface area contributed by atoms with Crippen LogP contribution in [0.4, 0.5) is 5.69 Å². The molecule has 5 nitrogen and oxygen atoms in total. The van der Waals surface area contributed by atoms with Crippen molar-refractivity contribution in [1.29, 1.82) is 0 Å². The Morgan fingerprint density at radius 1 is 0.964 bits per heavy atom. The van der Waals surface area contributed by atoms with Crippen molar-refractivity contribution < 1.29 is 14.3 Å². The van der Waals surface area contributed by atoms with Crippen LogP contribution >= 0.6 is 0 Å². The summed E-state index contributed by atoms with van der Waals surface area (Å²) >= 11 is 0. The van der Waals surface area contributed by atoms with E-state index in [-0.39, 0.29) is 0 Å². The van der Waals surface area contributed by atoms with Gasteiger partial charge in [-0.2, -0.15) is 0 Å². The lowest BCUT2D eigenvalue weighted by molar-refractivity contribution is -0.112. The van der Waals surface area contributed by atoms with Crippen molar-refractivity contribution in [2.24, 2.45) is 0 Å². The minimum Gasteiger partial charge on any atom is -0.495 e. The van der Waals surface area contributed by atoms with E-state index in [1.165, 1.54) is 12.7 Å². The Hall–Kier alpha value is -3.34. The topological polar surface area (TPSA) is 60.3 Å². The number of hydrogen-bond acceptors (Lipinski definition) is 3. The van der Waals surface area contributed by atoms with Gasteiger partial charge in [0.25, 0.3) is 11.7 Å². The molecule has 1 aromatic heterocycles. The molecule has 0 saturated carbocycles. The first kappa shape index (κ1) is 19.4. The third-order valence-electron chi connectivity index (χ3n) is 4.83. The van der Waals surface area contributed by atoms with Crippen LogP contribution in [0, 0.1) is 27.7 Å². The Balaban J connectivity index is 1.94. The van der Waals surface area contributed by atoms with Crippen molar-refractivity contribution in [2.75, 3.05) is 12.4 Å². The molecule has 28 heavy (non-hydrogen) atoms. The van der Waals surface area contributed by atoms with E-state index < -0.39 is 11.7 Å². The summed E-state index contributed by atoms with van der Waals surface area (Å²) in [6.07, 6.45) is 0. The van der Waals surface area contributed by atoms with E-state index in [4.69, 9.17) is 4.74 Å². The zero-order valence-corrected chi connectivity index (χ0v) is 16.8. The zero-order chi connectivity index (χ0) is 20.4. The van der Waals surface area contributed by atoms with Crippen molar-refractivity contribution in [3.63, 3.8) is 0 Å². The number of carbonyl (C=O) groups excluding carboxylic acids is 2. The van der Waals surface area contributed by atoms with Gasteiger partial charge in [-0.15, -0.1) is 0 Å². The molecule has 2 aromatic carbocycles. The average Bonchev–Trinajstić information content (AvgIpc) is 2.96. The Morgan fingerprint density at radius 3 is 2.36 bits per heavy atom. The maximum atomic E-state index is 12.8. The molecule has 0 spiro atoms. The molecule has 3 aromatic rings. The van der Waals surface area contributed by atoms with Crippen molar-refractivity contribution in [2.45, 2.75) is 27.7 Å². The quantitative estimate of drug-likeness (QED) is 0.525. The fourth-order valence-corrected chi connectivity index (χ4v) is 3.47. The Labute approximate surface area is 165 Å². The highest BCUT2D eigenvalue weighted by atomic mass is 16.5. The molecule has 0 atom stereocenters. The number of amides is 1. The molecule has 0 bridgehead atoms. The monoisotopic (exact) mass is 376 g/mol. The summed E-state index contributed by atoms with van der Waals surface area (Å²) in [6, 6.07) is 14.9. The summed E-state index contributed by atoms with van der Waals surface area (Å²) in [5.41, 5.74) is 5.79. The van der Waals surface area contributed by atoms with Gasteiger partial charge in [-0.25, -0.2) is 0 Å². The Bertz CT molecular complexity index is 1060. The first-order valence-electron chi connectivity index (χ1n) is 9.08. The van der Waals surface area contributed by atoms with Crippen LogP contribution in [0.25, 0.3) is 5.69 Å². The van der Waals surface area contributed by atoms with Gasteiger partial charge in [0, 0.05) is 22.6 Å². The number of carbonyl (C=O) groups is 2. The number of hydrogen-bond donors (Lipinski definition) is 1. The molecule has 5 heteroatoms. The molecule has 0 fully saturated rings. The van der Waals surface area contributed by atoms with Crippen LogP contribution in [0.2, 0.25) is 0 Å². The summed E-state index contributed by atoms with van der Waals surface area (Å²) in [7, 11) is 1.52. The van der Waals surface area contributed by atoms with Crippen molar-refractivity contribution in [1.82, 2.24) is 4.57 Å². The fourth-order valence-electron chi connectivity index (χ4n) is 3.47. The second-order valence-corrected chi connectivity index (χ2v) is 6.89. The van der Waals surface area contributed by atoms with Gasteiger partial charge in [0.1, 0.15) is 5.75 Å². The van der Waals surface area contributed by atoms with E-state index >= 15 is 0 Å². The molecular weight excluding hydrogens is 352 g/mol. The summed E-state index contributed by atoms with van der Waals surface area (Å²) in [5.74, 6) is -0.759. The van der Waals surface area contributed by atoms with Gasteiger partial charge >= 0.3 is 0 Å². The Kier molecular flexibility index (Phi) is 5.36. The fraction of sp³-hybridized carbons (Fsp3) is 0.217. The second kappa shape index (κ2) is 7.72. The number of ketones is 1. The van der Waals surface area contributed by atoms with Crippen LogP contribution in [0.3, 0.4) is 0 Å². The summed E-state index contributed by atoms with van der Waals surface area (Å²) in [4.78, 5) is 25.4. The van der Waals surface area contributed by atoms with Gasteiger partial charge in [0.15, 0.2) is 0 Å². The van der Waals surface area contributed by atoms with E-state index in [1.807, 2.05) is 44.4 Å². The molecule has 0 saturated heterocycles. The Morgan fingerprint density at radius 2 is 1.68 bits per heavy atom. The first-order chi connectivity index (χ1) is 13.3. The van der Waals surface area contributed by atoms with Crippen LogP contribution in [0.15, 0.2) is 48.5 Å². The number of nitrogens with zero attached hydrogens (tertiary/aromatic N) is 1. The summed E-state index contributed by atoms with van der Waals surface area (Å²) in [5, 5.41) is 2.65. The minimum absolute atomic E-state index is 0.393. The van der Waals surface area contributed by atoms with Crippen molar-refractivity contribution in [3.8, 4) is 11.4 Å². The van der Waals surface area contributed by atoms with E-state index in [1.54, 1.807) is 30.3 Å². The lowest BCUT2D eigenvalue weighted by Crippen LogP contribution is -2.23. The van der Waals surface area contributed by atoms with E-state index in [9.17, 15) is 9.59 Å². The van der Waals surface area contributed by atoms with Crippen LogP contribution in [0.5, 0.6) is 5.75 Å². The summed E-state index contributed by atoms with van der Waals surface area (Å²) < 4.78 is 7.24. The molecule has 144 valence electrons. The SMILES string of the molecule is COc1ccccc1NC(=O)C(=O)c1cc(C)n(-c2ccc(C)cc2C)c1C. The maximum Gasteiger partial charge on any atom is 0.296 e. The number of methoxy groups -OCH3 is 1. The average molecular weight is 376 g/mol. The molecule has 0 aliphatic rings. The van der Waals surface area contributed by atoms with Crippen LogP contribution in [-0.2, 0) is 4.79 Å². The second-order valence-electron chi connectivity index (χ2n) is 6.89. The number of anilines is 1. The highest BCUT2D eigenvalue weighted by molar-refractivity contribution is 6.47. The third-order valence-corrected chi connectivity index (χ3v) is 4.83. The number of ether oxygens (including phenoxy) is 1. The van der Waals surface area contributed by atoms with E-state index in [0.29, 0.717) is 17.0 Å². The summed E-state index contributed by atoms with van der Waals surface area (Å²) in [6.45, 7) is 7.87. The molecule has 0 aliphatic heterocycles.